The molecule has 15 heavy (non-hydrogen) atoms. The number of phenols is 1. The first-order valence-corrected chi connectivity index (χ1v) is 4.11. The zero-order chi connectivity index (χ0) is 11.6. The van der Waals surface area contributed by atoms with Gasteiger partial charge in [0.05, 0.1) is 6.04 Å². The Labute approximate surface area is 84.0 Å². The zero-order valence-corrected chi connectivity index (χ0v) is 7.62. The minimum Gasteiger partial charge on any atom is -0.508 e. The molecule has 6 heteroatoms. The van der Waals surface area contributed by atoms with Gasteiger partial charge in [0.2, 0.25) is 0 Å². The molecule has 0 bridgehead atoms. The van der Waals surface area contributed by atoms with Gasteiger partial charge < -0.3 is 15.9 Å². The van der Waals surface area contributed by atoms with Gasteiger partial charge in [-0.2, -0.15) is 0 Å². The minimum absolute atomic E-state index is 0.379. The molecule has 0 unspecified atom stereocenters. The second-order valence-corrected chi connectivity index (χ2v) is 3.10. The fourth-order valence-corrected chi connectivity index (χ4v) is 1.09. The van der Waals surface area contributed by atoms with Crippen molar-refractivity contribution in [2.24, 2.45) is 5.73 Å². The Morgan fingerprint density at radius 3 is 2.47 bits per heavy atom. The molecule has 0 spiro atoms. The van der Waals surface area contributed by atoms with Crippen LogP contribution in [0.3, 0.4) is 0 Å². The second kappa shape index (κ2) is 4.08. The first-order valence-electron chi connectivity index (χ1n) is 4.11. The van der Waals surface area contributed by atoms with E-state index in [0.717, 1.165) is 12.1 Å². The Morgan fingerprint density at radius 1 is 1.40 bits per heavy atom. The van der Waals surface area contributed by atoms with Crippen molar-refractivity contribution in [3.8, 4) is 5.75 Å². The number of phenolic OH excluding ortho intramolecular Hbond substituents is 1. The van der Waals surface area contributed by atoms with Gasteiger partial charge in [-0.05, 0) is 6.07 Å². The highest BCUT2D eigenvalue weighted by Gasteiger charge is 2.38. The molecule has 0 saturated heterocycles. The summed E-state index contributed by atoms with van der Waals surface area (Å²) in [5.41, 5.74) is 4.65. The Hall–Kier alpha value is -1.27. The van der Waals surface area contributed by atoms with E-state index in [2.05, 4.69) is 0 Å². The molecule has 0 aliphatic carbocycles. The molecule has 0 radical (unpaired) electrons. The predicted octanol–water partition coefficient (Wildman–Crippen LogP) is 1.16. The number of aliphatic hydroxyl groups is 1. The van der Waals surface area contributed by atoms with Crippen LogP contribution in [0.15, 0.2) is 18.2 Å². The summed E-state index contributed by atoms with van der Waals surface area (Å²) < 4.78 is 38.9. The maximum Gasteiger partial charge on any atom is 0.289 e. The zero-order valence-electron chi connectivity index (χ0n) is 7.62. The molecule has 0 aliphatic rings. The molecular formula is C9H10F3NO2. The fraction of sp³-hybridized carbons (Fsp3) is 0.333. The normalized spacial score (nSPS) is 13.9. The van der Waals surface area contributed by atoms with Crippen molar-refractivity contribution >= 4 is 0 Å². The van der Waals surface area contributed by atoms with E-state index in [1.807, 2.05) is 0 Å². The Balaban J connectivity index is 3.06. The topological polar surface area (TPSA) is 66.5 Å². The first kappa shape index (κ1) is 11.8. The van der Waals surface area contributed by atoms with E-state index in [1.54, 1.807) is 0 Å². The lowest BCUT2D eigenvalue weighted by Crippen LogP contribution is -2.36. The summed E-state index contributed by atoms with van der Waals surface area (Å²) in [6.45, 7) is -1.46. The van der Waals surface area contributed by atoms with Crippen molar-refractivity contribution in [1.82, 2.24) is 0 Å². The number of aromatic hydroxyl groups is 1. The third kappa shape index (κ3) is 2.40. The van der Waals surface area contributed by atoms with Gasteiger partial charge in [-0.25, -0.2) is 13.2 Å². The van der Waals surface area contributed by atoms with Crippen molar-refractivity contribution in [1.29, 1.82) is 0 Å². The molecule has 0 saturated carbocycles. The van der Waals surface area contributed by atoms with Crippen LogP contribution >= 0.6 is 0 Å². The largest absolute Gasteiger partial charge is 0.508 e. The van der Waals surface area contributed by atoms with E-state index in [0.29, 0.717) is 6.07 Å². The maximum atomic E-state index is 13.1. The Bertz CT molecular complexity index is 357. The van der Waals surface area contributed by atoms with Crippen LogP contribution in [-0.2, 0) is 0 Å². The van der Waals surface area contributed by atoms with Gasteiger partial charge in [-0.3, -0.25) is 0 Å². The fourth-order valence-electron chi connectivity index (χ4n) is 1.09. The van der Waals surface area contributed by atoms with E-state index < -0.39 is 30.0 Å². The number of alkyl halides is 2. The van der Waals surface area contributed by atoms with Crippen LogP contribution < -0.4 is 5.73 Å². The van der Waals surface area contributed by atoms with Crippen LogP contribution in [0.2, 0.25) is 0 Å². The van der Waals surface area contributed by atoms with Gasteiger partial charge in [-0.15, -0.1) is 0 Å². The van der Waals surface area contributed by atoms with Gasteiger partial charge in [0.25, 0.3) is 5.92 Å². The SMILES string of the molecule is N[C@@H](c1ccc(O)cc1F)C(F)(F)CO. The molecule has 1 aromatic carbocycles. The summed E-state index contributed by atoms with van der Waals surface area (Å²) in [6.07, 6.45) is 0. The van der Waals surface area contributed by atoms with Crippen LogP contribution in [-0.4, -0.2) is 22.7 Å². The molecule has 1 atom stereocenters. The van der Waals surface area contributed by atoms with Gasteiger partial charge in [0.1, 0.15) is 18.2 Å². The summed E-state index contributed by atoms with van der Waals surface area (Å²) >= 11 is 0. The number of rotatable bonds is 3. The molecule has 0 fully saturated rings. The number of aliphatic hydroxyl groups excluding tert-OH is 1. The monoisotopic (exact) mass is 221 g/mol. The van der Waals surface area contributed by atoms with Crippen LogP contribution in [0.1, 0.15) is 11.6 Å². The van der Waals surface area contributed by atoms with Gasteiger partial charge in [-0.1, -0.05) is 6.07 Å². The summed E-state index contributed by atoms with van der Waals surface area (Å²) in [4.78, 5) is 0. The van der Waals surface area contributed by atoms with Crippen LogP contribution in [0.25, 0.3) is 0 Å². The van der Waals surface area contributed by atoms with Crippen molar-refractivity contribution < 1.29 is 23.4 Å². The highest BCUT2D eigenvalue weighted by atomic mass is 19.3. The number of halogens is 3. The lowest BCUT2D eigenvalue weighted by Gasteiger charge is -2.21. The average molecular weight is 221 g/mol. The summed E-state index contributed by atoms with van der Waals surface area (Å²) in [6, 6.07) is 0.746. The minimum atomic E-state index is -3.60. The first-order chi connectivity index (χ1) is 6.88. The Kier molecular flexibility index (Phi) is 3.21. The quantitative estimate of drug-likeness (QED) is 0.717. The molecule has 1 aromatic rings. The summed E-state index contributed by atoms with van der Waals surface area (Å²) in [5, 5.41) is 17.2. The lowest BCUT2D eigenvalue weighted by atomic mass is 10.0. The van der Waals surface area contributed by atoms with Crippen molar-refractivity contribution in [2.75, 3.05) is 6.61 Å². The number of nitrogens with two attached hydrogens (primary N) is 1. The van der Waals surface area contributed by atoms with E-state index >= 15 is 0 Å². The van der Waals surface area contributed by atoms with Crippen molar-refractivity contribution in [3.05, 3.63) is 29.6 Å². The number of benzene rings is 1. The van der Waals surface area contributed by atoms with Crippen LogP contribution in [0.5, 0.6) is 5.75 Å². The predicted molar refractivity (Wildman–Crippen MR) is 47.0 cm³/mol. The van der Waals surface area contributed by atoms with Crippen LogP contribution in [0.4, 0.5) is 13.2 Å². The summed E-state index contributed by atoms with van der Waals surface area (Å²) in [5.74, 6) is -5.01. The van der Waals surface area contributed by atoms with Crippen molar-refractivity contribution in [2.45, 2.75) is 12.0 Å². The molecule has 4 N–H and O–H groups in total. The van der Waals surface area contributed by atoms with E-state index in [9.17, 15) is 13.2 Å². The molecular weight excluding hydrogens is 211 g/mol. The molecule has 1 rings (SSSR count). The third-order valence-electron chi connectivity index (χ3n) is 1.98. The molecule has 0 aliphatic heterocycles. The standard InChI is InChI=1S/C9H10F3NO2/c10-7-3-5(15)1-2-6(7)8(13)9(11,12)4-14/h1-3,8,14-15H,4,13H2/t8-/m0/s1. The molecule has 0 aromatic heterocycles. The van der Waals surface area contributed by atoms with Gasteiger partial charge in [0, 0.05) is 11.6 Å². The van der Waals surface area contributed by atoms with Crippen molar-refractivity contribution in [3.63, 3.8) is 0 Å². The highest BCUT2D eigenvalue weighted by molar-refractivity contribution is 5.30. The molecule has 0 amide bonds. The highest BCUT2D eigenvalue weighted by Crippen LogP contribution is 2.31. The lowest BCUT2D eigenvalue weighted by molar-refractivity contribution is -0.0718. The summed E-state index contributed by atoms with van der Waals surface area (Å²) in [7, 11) is 0. The number of hydrogen-bond donors (Lipinski definition) is 3. The number of hydrogen-bond acceptors (Lipinski definition) is 3. The van der Waals surface area contributed by atoms with E-state index in [-0.39, 0.29) is 5.75 Å². The third-order valence-corrected chi connectivity index (χ3v) is 1.98. The molecule has 84 valence electrons. The van der Waals surface area contributed by atoms with E-state index in [1.165, 1.54) is 0 Å². The van der Waals surface area contributed by atoms with E-state index in [4.69, 9.17) is 15.9 Å². The smallest absolute Gasteiger partial charge is 0.289 e. The Morgan fingerprint density at radius 2 is 2.00 bits per heavy atom. The van der Waals surface area contributed by atoms with Gasteiger partial charge >= 0.3 is 0 Å². The molecule has 3 nitrogen and oxygen atoms in total. The van der Waals surface area contributed by atoms with Gasteiger partial charge in [0.15, 0.2) is 0 Å². The van der Waals surface area contributed by atoms with Crippen LogP contribution in [0, 0.1) is 5.82 Å². The maximum absolute atomic E-state index is 13.1. The second-order valence-electron chi connectivity index (χ2n) is 3.10. The molecule has 0 heterocycles. The average Bonchev–Trinajstić information content (AvgIpc) is 2.17.